The standard InChI is InChI=1S/C20H19ClFN3O2/c1-12-19(23-20(26)14-5-4-6-17(9-14)27-3)13(2)25(24-12)11-15-7-8-16(22)10-18(15)21/h4-10H,11H2,1-3H3,(H,23,26). The molecular weight excluding hydrogens is 369 g/mol. The van der Waals surface area contributed by atoms with Gasteiger partial charge in [-0.25, -0.2) is 4.39 Å². The molecule has 1 heterocycles. The van der Waals surface area contributed by atoms with E-state index >= 15 is 0 Å². The molecule has 0 saturated heterocycles. The molecule has 0 aliphatic carbocycles. The molecule has 1 amide bonds. The van der Waals surface area contributed by atoms with E-state index in [1.165, 1.54) is 12.1 Å². The Bertz CT molecular complexity index is 1000. The number of hydrogen-bond donors (Lipinski definition) is 1. The largest absolute Gasteiger partial charge is 0.497 e. The lowest BCUT2D eigenvalue weighted by Gasteiger charge is -2.09. The van der Waals surface area contributed by atoms with Crippen LogP contribution in [-0.4, -0.2) is 22.8 Å². The van der Waals surface area contributed by atoms with E-state index in [-0.39, 0.29) is 11.7 Å². The molecule has 0 fully saturated rings. The summed E-state index contributed by atoms with van der Waals surface area (Å²) < 4.78 is 20.1. The van der Waals surface area contributed by atoms with Gasteiger partial charge in [-0.1, -0.05) is 23.7 Å². The normalized spacial score (nSPS) is 10.7. The molecule has 1 N–H and O–H groups in total. The lowest BCUT2D eigenvalue weighted by molar-refractivity contribution is 0.102. The number of carbonyl (C=O) groups excluding carboxylic acids is 1. The number of nitrogens with zero attached hydrogens (tertiary/aromatic N) is 2. The fourth-order valence-corrected chi connectivity index (χ4v) is 3.02. The summed E-state index contributed by atoms with van der Waals surface area (Å²) in [7, 11) is 1.55. The summed E-state index contributed by atoms with van der Waals surface area (Å²) in [6, 6.07) is 11.2. The Kier molecular flexibility index (Phi) is 5.46. The van der Waals surface area contributed by atoms with E-state index in [1.807, 2.05) is 13.8 Å². The van der Waals surface area contributed by atoms with Gasteiger partial charge in [-0.15, -0.1) is 0 Å². The predicted molar refractivity (Wildman–Crippen MR) is 103 cm³/mol. The Hall–Kier alpha value is -2.86. The van der Waals surface area contributed by atoms with Crippen molar-refractivity contribution >= 4 is 23.2 Å². The first-order valence-corrected chi connectivity index (χ1v) is 8.70. The van der Waals surface area contributed by atoms with Gasteiger partial charge in [-0.3, -0.25) is 9.48 Å². The minimum absolute atomic E-state index is 0.250. The number of aryl methyl sites for hydroxylation is 1. The van der Waals surface area contributed by atoms with Gasteiger partial charge in [0.2, 0.25) is 0 Å². The third-order valence-electron chi connectivity index (χ3n) is 4.29. The van der Waals surface area contributed by atoms with Gasteiger partial charge in [-0.2, -0.15) is 5.10 Å². The number of aromatic nitrogens is 2. The Morgan fingerprint density at radius 3 is 2.74 bits per heavy atom. The van der Waals surface area contributed by atoms with Crippen LogP contribution in [-0.2, 0) is 6.54 Å². The average Bonchev–Trinajstić information content (AvgIpc) is 2.91. The molecule has 7 heteroatoms. The zero-order valence-electron chi connectivity index (χ0n) is 15.2. The second-order valence-corrected chi connectivity index (χ2v) is 6.53. The lowest BCUT2D eigenvalue weighted by Crippen LogP contribution is -2.13. The fraction of sp³-hybridized carbons (Fsp3) is 0.200. The van der Waals surface area contributed by atoms with Crippen LogP contribution in [0.4, 0.5) is 10.1 Å². The van der Waals surface area contributed by atoms with Gasteiger partial charge >= 0.3 is 0 Å². The Morgan fingerprint density at radius 1 is 1.26 bits per heavy atom. The number of nitrogens with one attached hydrogen (secondary N) is 1. The summed E-state index contributed by atoms with van der Waals surface area (Å²) in [5, 5.41) is 7.72. The monoisotopic (exact) mass is 387 g/mol. The highest BCUT2D eigenvalue weighted by Crippen LogP contribution is 2.24. The Morgan fingerprint density at radius 2 is 2.04 bits per heavy atom. The summed E-state index contributed by atoms with van der Waals surface area (Å²) in [5.74, 6) is -0.0273. The van der Waals surface area contributed by atoms with E-state index in [9.17, 15) is 9.18 Å². The molecule has 0 radical (unpaired) electrons. The second-order valence-electron chi connectivity index (χ2n) is 6.13. The quantitative estimate of drug-likeness (QED) is 0.696. The zero-order valence-corrected chi connectivity index (χ0v) is 16.0. The van der Waals surface area contributed by atoms with Crippen LogP contribution in [0.15, 0.2) is 42.5 Å². The van der Waals surface area contributed by atoms with Gasteiger partial charge in [-0.05, 0) is 49.7 Å². The second kappa shape index (κ2) is 7.80. The molecule has 0 bridgehead atoms. The van der Waals surface area contributed by atoms with Gasteiger partial charge in [0.25, 0.3) is 5.91 Å². The smallest absolute Gasteiger partial charge is 0.255 e. The van der Waals surface area contributed by atoms with Gasteiger partial charge in [0.1, 0.15) is 11.6 Å². The van der Waals surface area contributed by atoms with Crippen LogP contribution in [0.2, 0.25) is 5.02 Å². The van der Waals surface area contributed by atoms with Crippen molar-refractivity contribution in [2.75, 3.05) is 12.4 Å². The van der Waals surface area contributed by atoms with Crippen molar-refractivity contribution in [2.24, 2.45) is 0 Å². The molecule has 0 atom stereocenters. The summed E-state index contributed by atoms with van der Waals surface area (Å²) >= 11 is 6.11. The highest BCUT2D eigenvalue weighted by molar-refractivity contribution is 6.31. The maximum atomic E-state index is 13.2. The van der Waals surface area contributed by atoms with Crippen LogP contribution in [0.25, 0.3) is 0 Å². The molecule has 5 nitrogen and oxygen atoms in total. The fourth-order valence-electron chi connectivity index (χ4n) is 2.79. The van der Waals surface area contributed by atoms with Crippen molar-refractivity contribution in [3.8, 4) is 5.75 Å². The Labute approximate surface area is 161 Å². The number of hydrogen-bond acceptors (Lipinski definition) is 3. The number of methoxy groups -OCH3 is 1. The van der Waals surface area contributed by atoms with Crippen LogP contribution < -0.4 is 10.1 Å². The number of amides is 1. The van der Waals surface area contributed by atoms with E-state index in [2.05, 4.69) is 10.4 Å². The number of benzene rings is 2. The van der Waals surface area contributed by atoms with Crippen LogP contribution >= 0.6 is 11.6 Å². The molecule has 0 aliphatic rings. The number of anilines is 1. The van der Waals surface area contributed by atoms with Crippen LogP contribution in [0.5, 0.6) is 5.75 Å². The van der Waals surface area contributed by atoms with Crippen LogP contribution in [0.3, 0.4) is 0 Å². The third-order valence-corrected chi connectivity index (χ3v) is 4.64. The molecular formula is C20H19ClFN3O2. The van der Waals surface area contributed by atoms with Crippen molar-refractivity contribution in [3.63, 3.8) is 0 Å². The number of carbonyl (C=O) groups is 1. The van der Waals surface area contributed by atoms with E-state index in [0.717, 1.165) is 11.3 Å². The third kappa shape index (κ3) is 4.11. The van der Waals surface area contributed by atoms with Crippen molar-refractivity contribution in [1.82, 2.24) is 9.78 Å². The van der Waals surface area contributed by atoms with Crippen molar-refractivity contribution in [1.29, 1.82) is 0 Å². The average molecular weight is 388 g/mol. The van der Waals surface area contributed by atoms with E-state index in [4.69, 9.17) is 16.3 Å². The van der Waals surface area contributed by atoms with Gasteiger partial charge in [0.05, 0.1) is 30.7 Å². The first-order valence-electron chi connectivity index (χ1n) is 8.32. The number of rotatable bonds is 5. The minimum Gasteiger partial charge on any atom is -0.497 e. The SMILES string of the molecule is COc1cccc(C(=O)Nc2c(C)nn(Cc3ccc(F)cc3Cl)c2C)c1. The van der Waals surface area contributed by atoms with Crippen molar-refractivity contribution in [2.45, 2.75) is 20.4 Å². The minimum atomic E-state index is -0.386. The molecule has 0 aliphatic heterocycles. The first-order chi connectivity index (χ1) is 12.9. The predicted octanol–water partition coefficient (Wildman–Crippen LogP) is 4.60. The molecule has 3 aromatic rings. The van der Waals surface area contributed by atoms with Gasteiger partial charge in [0, 0.05) is 10.6 Å². The number of halogens is 2. The van der Waals surface area contributed by atoms with Crippen molar-refractivity contribution in [3.05, 3.63) is 75.8 Å². The van der Waals surface area contributed by atoms with E-state index < -0.39 is 0 Å². The first kappa shape index (κ1) is 18.9. The summed E-state index contributed by atoms with van der Waals surface area (Å²) in [5.41, 5.74) is 3.34. The molecule has 140 valence electrons. The van der Waals surface area contributed by atoms with Gasteiger partial charge < -0.3 is 10.1 Å². The topological polar surface area (TPSA) is 56.1 Å². The molecule has 2 aromatic carbocycles. The Balaban J connectivity index is 1.84. The highest BCUT2D eigenvalue weighted by Gasteiger charge is 2.16. The van der Waals surface area contributed by atoms with E-state index in [1.54, 1.807) is 42.1 Å². The van der Waals surface area contributed by atoms with Crippen molar-refractivity contribution < 1.29 is 13.9 Å². The molecule has 3 rings (SSSR count). The summed E-state index contributed by atoms with van der Waals surface area (Å²) in [6.45, 7) is 4.05. The molecule has 0 spiro atoms. The lowest BCUT2D eigenvalue weighted by atomic mass is 10.2. The summed E-state index contributed by atoms with van der Waals surface area (Å²) in [4.78, 5) is 12.6. The maximum Gasteiger partial charge on any atom is 0.255 e. The van der Waals surface area contributed by atoms with Gasteiger partial charge in [0.15, 0.2) is 0 Å². The molecule has 0 unspecified atom stereocenters. The molecule has 1 aromatic heterocycles. The molecule has 27 heavy (non-hydrogen) atoms. The maximum absolute atomic E-state index is 13.2. The van der Waals surface area contributed by atoms with Crippen LogP contribution in [0, 0.1) is 19.7 Å². The number of ether oxygens (including phenoxy) is 1. The summed E-state index contributed by atoms with van der Waals surface area (Å²) in [6.07, 6.45) is 0. The zero-order chi connectivity index (χ0) is 19.6. The highest BCUT2D eigenvalue weighted by atomic mass is 35.5. The van der Waals surface area contributed by atoms with E-state index in [0.29, 0.717) is 34.3 Å². The molecule has 0 saturated carbocycles. The van der Waals surface area contributed by atoms with Crippen LogP contribution in [0.1, 0.15) is 27.3 Å².